The molecule has 2 aromatic carbocycles. The Kier molecular flexibility index (Phi) is 6.48. The van der Waals surface area contributed by atoms with Crippen molar-refractivity contribution in [1.82, 2.24) is 9.88 Å². The van der Waals surface area contributed by atoms with Crippen LogP contribution in [0.3, 0.4) is 0 Å². The number of hydrogen-bond acceptors (Lipinski definition) is 5. The summed E-state index contributed by atoms with van der Waals surface area (Å²) in [5, 5.41) is 13.6. The molecule has 0 saturated carbocycles. The number of nitrogens with zero attached hydrogens (tertiary/aromatic N) is 4. The van der Waals surface area contributed by atoms with Gasteiger partial charge in [0.2, 0.25) is 5.91 Å². The van der Waals surface area contributed by atoms with E-state index in [9.17, 15) is 10.1 Å². The van der Waals surface area contributed by atoms with E-state index in [4.69, 9.17) is 16.6 Å². The van der Waals surface area contributed by atoms with Gasteiger partial charge in [-0.05, 0) is 54.7 Å². The normalized spacial score (nSPS) is 15.6. The minimum Gasteiger partial charge on any atom is -0.353 e. The van der Waals surface area contributed by atoms with Gasteiger partial charge in [0.25, 0.3) is 0 Å². The van der Waals surface area contributed by atoms with Gasteiger partial charge >= 0.3 is 0 Å². The van der Waals surface area contributed by atoms with Crippen LogP contribution in [0.5, 0.6) is 0 Å². The van der Waals surface area contributed by atoms with Crippen LogP contribution in [0.15, 0.2) is 54.6 Å². The SMILES string of the molecule is N#Cc1c(N2CCN(CC(=O)Nc3ccc(Cl)cc3)CC2)nc(-c2ccccc2)c2c1CCC2. The number of halogens is 1. The van der Waals surface area contributed by atoms with E-state index in [1.807, 2.05) is 18.2 Å². The average molecular weight is 472 g/mol. The van der Waals surface area contributed by atoms with Crippen LogP contribution in [0, 0.1) is 11.3 Å². The van der Waals surface area contributed by atoms with Gasteiger partial charge in [0.05, 0.1) is 17.8 Å². The van der Waals surface area contributed by atoms with Crippen LogP contribution in [0.25, 0.3) is 11.3 Å². The molecule has 1 aliphatic carbocycles. The standard InChI is InChI=1S/C27H26ClN5O/c28-20-9-11-21(12-10-20)30-25(34)18-32-13-15-33(16-14-32)27-24(17-29)22-7-4-8-23(22)26(31-27)19-5-2-1-3-6-19/h1-3,5-6,9-12H,4,7-8,13-16,18H2,(H,30,34). The Morgan fingerprint density at radius 1 is 1.00 bits per heavy atom. The van der Waals surface area contributed by atoms with Crippen LogP contribution in [-0.4, -0.2) is 48.5 Å². The lowest BCUT2D eigenvalue weighted by atomic mass is 9.98. The summed E-state index contributed by atoms with van der Waals surface area (Å²) >= 11 is 5.91. The number of aromatic nitrogens is 1. The third-order valence-corrected chi connectivity index (χ3v) is 6.82. The molecule has 3 aromatic rings. The van der Waals surface area contributed by atoms with Crippen LogP contribution >= 0.6 is 11.6 Å². The van der Waals surface area contributed by atoms with Crippen molar-refractivity contribution in [3.05, 3.63) is 76.3 Å². The lowest BCUT2D eigenvalue weighted by Crippen LogP contribution is -2.49. The second-order valence-corrected chi connectivity index (χ2v) is 9.20. The van der Waals surface area contributed by atoms with Gasteiger partial charge in [-0.15, -0.1) is 0 Å². The summed E-state index contributed by atoms with van der Waals surface area (Å²) in [6, 6.07) is 19.8. The van der Waals surface area contributed by atoms with Crippen molar-refractivity contribution in [2.45, 2.75) is 19.3 Å². The highest BCUT2D eigenvalue weighted by molar-refractivity contribution is 6.30. The molecule has 5 rings (SSSR count). The number of piperazine rings is 1. The number of nitriles is 1. The van der Waals surface area contributed by atoms with E-state index in [0.29, 0.717) is 11.6 Å². The van der Waals surface area contributed by atoms with E-state index in [0.717, 1.165) is 79.3 Å². The third kappa shape index (κ3) is 4.63. The van der Waals surface area contributed by atoms with Crippen LogP contribution < -0.4 is 10.2 Å². The van der Waals surface area contributed by atoms with Gasteiger partial charge in [0.1, 0.15) is 11.9 Å². The van der Waals surface area contributed by atoms with Gasteiger partial charge < -0.3 is 10.2 Å². The number of carbonyl (C=O) groups is 1. The molecule has 6 nitrogen and oxygen atoms in total. The highest BCUT2D eigenvalue weighted by Gasteiger charge is 2.28. The molecule has 2 aliphatic rings. The fraction of sp³-hybridized carbons (Fsp3) is 0.296. The van der Waals surface area contributed by atoms with E-state index in [1.54, 1.807) is 24.3 Å². The molecular formula is C27H26ClN5O. The zero-order valence-electron chi connectivity index (χ0n) is 18.9. The van der Waals surface area contributed by atoms with Crippen molar-refractivity contribution in [2.24, 2.45) is 0 Å². The molecule has 7 heteroatoms. The van der Waals surface area contributed by atoms with Crippen molar-refractivity contribution < 1.29 is 4.79 Å². The number of carbonyl (C=O) groups excluding carboxylic acids is 1. The smallest absolute Gasteiger partial charge is 0.238 e. The molecule has 1 amide bonds. The number of nitrogens with one attached hydrogen (secondary N) is 1. The molecular weight excluding hydrogens is 446 g/mol. The topological polar surface area (TPSA) is 72.3 Å². The fourth-order valence-electron chi connectivity index (χ4n) is 4.88. The molecule has 0 bridgehead atoms. The minimum absolute atomic E-state index is 0.0458. The van der Waals surface area contributed by atoms with Crippen molar-refractivity contribution in [1.29, 1.82) is 5.26 Å². The Labute approximate surface area is 204 Å². The van der Waals surface area contributed by atoms with Crippen molar-refractivity contribution >= 4 is 29.0 Å². The lowest BCUT2D eigenvalue weighted by molar-refractivity contribution is -0.117. The summed E-state index contributed by atoms with van der Waals surface area (Å²) in [6.45, 7) is 3.25. The van der Waals surface area contributed by atoms with Crippen molar-refractivity contribution in [3.8, 4) is 17.3 Å². The maximum absolute atomic E-state index is 12.5. The van der Waals surface area contributed by atoms with Crippen LogP contribution in [0.4, 0.5) is 11.5 Å². The second-order valence-electron chi connectivity index (χ2n) is 8.77. The first kappa shape index (κ1) is 22.4. The molecule has 0 unspecified atom stereocenters. The zero-order valence-corrected chi connectivity index (χ0v) is 19.7. The Balaban J connectivity index is 1.30. The second kappa shape index (κ2) is 9.84. The van der Waals surface area contributed by atoms with Gasteiger partial charge in [-0.3, -0.25) is 9.69 Å². The number of rotatable bonds is 5. The third-order valence-electron chi connectivity index (χ3n) is 6.57. The van der Waals surface area contributed by atoms with E-state index in [1.165, 1.54) is 5.56 Å². The number of hydrogen-bond donors (Lipinski definition) is 1. The molecule has 34 heavy (non-hydrogen) atoms. The number of anilines is 2. The van der Waals surface area contributed by atoms with Crippen molar-refractivity contribution in [3.63, 3.8) is 0 Å². The monoisotopic (exact) mass is 471 g/mol. The zero-order chi connectivity index (χ0) is 23.5. The predicted molar refractivity (Wildman–Crippen MR) is 135 cm³/mol. The summed E-state index contributed by atoms with van der Waals surface area (Å²) in [4.78, 5) is 21.9. The van der Waals surface area contributed by atoms with E-state index >= 15 is 0 Å². The first-order chi connectivity index (χ1) is 16.6. The summed E-state index contributed by atoms with van der Waals surface area (Å²) in [6.07, 6.45) is 2.96. The predicted octanol–water partition coefficient (Wildman–Crippen LogP) is 4.52. The molecule has 2 heterocycles. The first-order valence-electron chi connectivity index (χ1n) is 11.7. The van der Waals surface area contributed by atoms with Crippen LogP contribution in [0.1, 0.15) is 23.1 Å². The minimum atomic E-state index is -0.0458. The maximum atomic E-state index is 12.5. The van der Waals surface area contributed by atoms with E-state index < -0.39 is 0 Å². The largest absolute Gasteiger partial charge is 0.353 e. The van der Waals surface area contributed by atoms with Crippen LogP contribution in [0.2, 0.25) is 5.02 Å². The van der Waals surface area contributed by atoms with Crippen molar-refractivity contribution in [2.75, 3.05) is 42.9 Å². The van der Waals surface area contributed by atoms with E-state index in [2.05, 4.69) is 33.3 Å². The summed E-state index contributed by atoms with van der Waals surface area (Å²) in [5.41, 5.74) is 5.96. The Hall–Kier alpha value is -3.40. The fourth-order valence-corrected chi connectivity index (χ4v) is 5.01. The lowest BCUT2D eigenvalue weighted by Gasteiger charge is -2.36. The molecule has 1 aromatic heterocycles. The molecule has 0 radical (unpaired) electrons. The molecule has 172 valence electrons. The molecule has 0 atom stereocenters. The summed E-state index contributed by atoms with van der Waals surface area (Å²) in [7, 11) is 0. The molecule has 1 aliphatic heterocycles. The molecule has 1 N–H and O–H groups in total. The van der Waals surface area contributed by atoms with Gasteiger partial charge in [0.15, 0.2) is 0 Å². The number of benzene rings is 2. The molecule has 1 fully saturated rings. The Morgan fingerprint density at radius 2 is 1.71 bits per heavy atom. The summed E-state index contributed by atoms with van der Waals surface area (Å²) < 4.78 is 0. The quantitative estimate of drug-likeness (QED) is 0.592. The first-order valence-corrected chi connectivity index (χ1v) is 12.0. The van der Waals surface area contributed by atoms with E-state index in [-0.39, 0.29) is 5.91 Å². The molecule has 1 saturated heterocycles. The van der Waals surface area contributed by atoms with Gasteiger partial charge in [0, 0.05) is 42.5 Å². The number of fused-ring (bicyclic) bond motifs is 1. The number of amides is 1. The molecule has 0 spiro atoms. The van der Waals surface area contributed by atoms with Crippen LogP contribution in [-0.2, 0) is 17.6 Å². The van der Waals surface area contributed by atoms with Gasteiger partial charge in [-0.25, -0.2) is 4.98 Å². The van der Waals surface area contributed by atoms with Gasteiger partial charge in [-0.2, -0.15) is 5.26 Å². The number of pyridine rings is 1. The highest BCUT2D eigenvalue weighted by atomic mass is 35.5. The summed E-state index contributed by atoms with van der Waals surface area (Å²) in [5.74, 6) is 0.739. The van der Waals surface area contributed by atoms with Gasteiger partial charge in [-0.1, -0.05) is 41.9 Å². The maximum Gasteiger partial charge on any atom is 0.238 e. The average Bonchev–Trinajstić information content (AvgIpc) is 3.35. The highest BCUT2D eigenvalue weighted by Crippen LogP contribution is 2.37. The Morgan fingerprint density at radius 3 is 2.41 bits per heavy atom. The Bertz CT molecular complexity index is 1230.